The van der Waals surface area contributed by atoms with Crippen molar-refractivity contribution in [2.24, 2.45) is 0 Å². The lowest BCUT2D eigenvalue weighted by Crippen LogP contribution is -2.49. The number of hydrogen-bond donors (Lipinski definition) is 0. The van der Waals surface area contributed by atoms with Gasteiger partial charge in [-0.15, -0.1) is 0 Å². The predicted molar refractivity (Wildman–Crippen MR) is 95.6 cm³/mol. The summed E-state index contributed by atoms with van der Waals surface area (Å²) in [4.78, 5) is 21.5. The number of thiazole rings is 1. The van der Waals surface area contributed by atoms with Gasteiger partial charge in [0.05, 0.1) is 10.2 Å². The van der Waals surface area contributed by atoms with Gasteiger partial charge in [0.2, 0.25) is 0 Å². The fraction of sp³-hybridized carbons (Fsp3) is 0.353. The number of para-hydroxylation sites is 1. The Balaban J connectivity index is 1.45. The van der Waals surface area contributed by atoms with E-state index in [4.69, 9.17) is 4.98 Å². The SMILES string of the molecule is CCn1nccc1C(=O)N1CCN(c2nc3ccccc3s2)CC1. The molecule has 0 radical (unpaired) electrons. The first-order valence-electron chi connectivity index (χ1n) is 8.18. The molecule has 1 aliphatic rings. The Bertz CT molecular complexity index is 830. The van der Waals surface area contributed by atoms with Crippen LogP contribution >= 0.6 is 11.3 Å². The van der Waals surface area contributed by atoms with Gasteiger partial charge < -0.3 is 9.80 Å². The molecule has 4 rings (SSSR count). The Hall–Kier alpha value is -2.41. The molecule has 1 aromatic carbocycles. The molecular formula is C17H19N5OS. The summed E-state index contributed by atoms with van der Waals surface area (Å²) in [6, 6.07) is 9.99. The molecule has 0 atom stereocenters. The molecule has 24 heavy (non-hydrogen) atoms. The highest BCUT2D eigenvalue weighted by Gasteiger charge is 2.25. The van der Waals surface area contributed by atoms with Crippen molar-refractivity contribution in [2.45, 2.75) is 13.5 Å². The maximum Gasteiger partial charge on any atom is 0.272 e. The van der Waals surface area contributed by atoms with Crippen molar-refractivity contribution in [3.05, 3.63) is 42.2 Å². The van der Waals surface area contributed by atoms with Crippen molar-refractivity contribution in [1.82, 2.24) is 19.7 Å². The van der Waals surface area contributed by atoms with Crippen molar-refractivity contribution >= 4 is 32.6 Å². The molecule has 0 aliphatic carbocycles. The number of amides is 1. The lowest BCUT2D eigenvalue weighted by Gasteiger charge is -2.34. The van der Waals surface area contributed by atoms with E-state index in [9.17, 15) is 4.79 Å². The molecule has 1 fully saturated rings. The molecule has 7 heteroatoms. The molecule has 1 aliphatic heterocycles. The van der Waals surface area contributed by atoms with Gasteiger partial charge in [-0.05, 0) is 25.1 Å². The highest BCUT2D eigenvalue weighted by molar-refractivity contribution is 7.22. The van der Waals surface area contributed by atoms with Crippen molar-refractivity contribution in [1.29, 1.82) is 0 Å². The van der Waals surface area contributed by atoms with Crippen LogP contribution in [0.5, 0.6) is 0 Å². The maximum atomic E-state index is 12.7. The Morgan fingerprint density at radius 2 is 1.96 bits per heavy atom. The highest BCUT2D eigenvalue weighted by atomic mass is 32.1. The lowest BCUT2D eigenvalue weighted by atomic mass is 10.3. The topological polar surface area (TPSA) is 54.3 Å². The molecule has 6 nitrogen and oxygen atoms in total. The molecule has 0 unspecified atom stereocenters. The number of piperazine rings is 1. The number of hydrogen-bond acceptors (Lipinski definition) is 5. The summed E-state index contributed by atoms with van der Waals surface area (Å²) >= 11 is 1.71. The van der Waals surface area contributed by atoms with E-state index in [-0.39, 0.29) is 5.91 Å². The number of anilines is 1. The average molecular weight is 341 g/mol. The third-order valence-corrected chi connectivity index (χ3v) is 5.45. The molecule has 3 heterocycles. The van der Waals surface area contributed by atoms with Crippen LogP contribution in [0.15, 0.2) is 36.5 Å². The van der Waals surface area contributed by atoms with Crippen molar-refractivity contribution < 1.29 is 4.79 Å². The Morgan fingerprint density at radius 3 is 2.71 bits per heavy atom. The van der Waals surface area contributed by atoms with Gasteiger partial charge in [-0.1, -0.05) is 23.5 Å². The minimum absolute atomic E-state index is 0.0679. The fourth-order valence-electron chi connectivity index (χ4n) is 3.02. The number of carbonyl (C=O) groups is 1. The van der Waals surface area contributed by atoms with E-state index in [1.807, 2.05) is 30.0 Å². The lowest BCUT2D eigenvalue weighted by molar-refractivity contribution is 0.0734. The Kier molecular flexibility index (Phi) is 3.93. The van der Waals surface area contributed by atoms with Crippen molar-refractivity contribution in [2.75, 3.05) is 31.1 Å². The average Bonchev–Trinajstić information content (AvgIpc) is 3.27. The second kappa shape index (κ2) is 6.24. The van der Waals surface area contributed by atoms with Crippen molar-refractivity contribution in [3.63, 3.8) is 0 Å². The first kappa shape index (κ1) is 15.1. The van der Waals surface area contributed by atoms with Gasteiger partial charge in [-0.2, -0.15) is 5.10 Å². The molecule has 1 amide bonds. The smallest absolute Gasteiger partial charge is 0.272 e. The Morgan fingerprint density at radius 1 is 1.17 bits per heavy atom. The van der Waals surface area contributed by atoms with E-state index in [1.165, 1.54) is 4.70 Å². The zero-order valence-electron chi connectivity index (χ0n) is 13.6. The molecule has 0 spiro atoms. The van der Waals surface area contributed by atoms with Crippen LogP contribution in [0.3, 0.4) is 0 Å². The van der Waals surface area contributed by atoms with Gasteiger partial charge >= 0.3 is 0 Å². The summed E-state index contributed by atoms with van der Waals surface area (Å²) in [6.45, 7) is 5.75. The molecule has 0 saturated carbocycles. The zero-order chi connectivity index (χ0) is 16.5. The second-order valence-electron chi connectivity index (χ2n) is 5.78. The molecule has 2 aromatic heterocycles. The number of aromatic nitrogens is 3. The van der Waals surface area contributed by atoms with Crippen LogP contribution in [-0.2, 0) is 6.54 Å². The van der Waals surface area contributed by atoms with Gasteiger partial charge in [0.1, 0.15) is 5.69 Å². The Labute approximate surface area is 144 Å². The number of fused-ring (bicyclic) bond motifs is 1. The van der Waals surface area contributed by atoms with Gasteiger partial charge in [-0.25, -0.2) is 4.98 Å². The number of aryl methyl sites for hydroxylation is 1. The second-order valence-corrected chi connectivity index (χ2v) is 6.78. The number of rotatable bonds is 3. The maximum absolute atomic E-state index is 12.7. The number of carbonyl (C=O) groups excluding carboxylic acids is 1. The predicted octanol–water partition coefficient (Wildman–Crippen LogP) is 2.48. The molecule has 3 aromatic rings. The zero-order valence-corrected chi connectivity index (χ0v) is 14.4. The van der Waals surface area contributed by atoms with Crippen LogP contribution in [0.4, 0.5) is 5.13 Å². The quantitative estimate of drug-likeness (QED) is 0.734. The van der Waals surface area contributed by atoms with E-state index >= 15 is 0 Å². The van der Waals surface area contributed by atoms with E-state index in [2.05, 4.69) is 16.1 Å². The van der Waals surface area contributed by atoms with Gasteiger partial charge in [0, 0.05) is 38.9 Å². The minimum Gasteiger partial charge on any atom is -0.345 e. The van der Waals surface area contributed by atoms with E-state index < -0.39 is 0 Å². The molecule has 124 valence electrons. The summed E-state index contributed by atoms with van der Waals surface area (Å²) in [6.07, 6.45) is 1.69. The van der Waals surface area contributed by atoms with Gasteiger partial charge in [0.25, 0.3) is 5.91 Å². The highest BCUT2D eigenvalue weighted by Crippen LogP contribution is 2.29. The first-order chi connectivity index (χ1) is 11.8. The summed E-state index contributed by atoms with van der Waals surface area (Å²) < 4.78 is 2.96. The third kappa shape index (κ3) is 2.65. The normalized spacial score (nSPS) is 15.2. The van der Waals surface area contributed by atoms with Crippen LogP contribution in [0.2, 0.25) is 0 Å². The summed E-state index contributed by atoms with van der Waals surface area (Å²) in [7, 11) is 0. The minimum atomic E-state index is 0.0679. The van der Waals surface area contributed by atoms with Gasteiger partial charge in [0.15, 0.2) is 5.13 Å². The summed E-state index contributed by atoms with van der Waals surface area (Å²) in [5.41, 5.74) is 1.72. The van der Waals surface area contributed by atoms with Crippen LogP contribution in [-0.4, -0.2) is 51.8 Å². The van der Waals surface area contributed by atoms with Crippen LogP contribution < -0.4 is 4.90 Å². The summed E-state index contributed by atoms with van der Waals surface area (Å²) in [5.74, 6) is 0.0679. The molecule has 0 N–H and O–H groups in total. The van der Waals surface area contributed by atoms with Gasteiger partial charge in [-0.3, -0.25) is 9.48 Å². The van der Waals surface area contributed by atoms with Crippen LogP contribution in [0.1, 0.15) is 17.4 Å². The van der Waals surface area contributed by atoms with Crippen LogP contribution in [0.25, 0.3) is 10.2 Å². The third-order valence-electron chi connectivity index (χ3n) is 4.36. The van der Waals surface area contributed by atoms with Crippen molar-refractivity contribution in [3.8, 4) is 0 Å². The standard InChI is InChI=1S/C17H19N5OS/c1-2-22-14(7-8-18-22)16(23)20-9-11-21(12-10-20)17-19-13-5-3-4-6-15(13)24-17/h3-8H,2,9-12H2,1H3. The van der Waals surface area contributed by atoms with E-state index in [1.54, 1.807) is 28.3 Å². The van der Waals surface area contributed by atoms with E-state index in [0.717, 1.165) is 23.7 Å². The number of benzene rings is 1. The summed E-state index contributed by atoms with van der Waals surface area (Å²) in [5, 5.41) is 5.23. The first-order valence-corrected chi connectivity index (χ1v) is 8.99. The monoisotopic (exact) mass is 341 g/mol. The largest absolute Gasteiger partial charge is 0.345 e. The number of nitrogens with zero attached hydrogens (tertiary/aromatic N) is 5. The van der Waals surface area contributed by atoms with E-state index in [0.29, 0.717) is 25.3 Å². The molecular weight excluding hydrogens is 322 g/mol. The molecule has 0 bridgehead atoms. The fourth-order valence-corrected chi connectivity index (χ4v) is 4.04. The van der Waals surface area contributed by atoms with Crippen LogP contribution in [0, 0.1) is 0 Å². The molecule has 1 saturated heterocycles.